The first-order valence-corrected chi connectivity index (χ1v) is 7.12. The van der Waals surface area contributed by atoms with Gasteiger partial charge in [0.2, 0.25) is 0 Å². The number of ether oxygens (including phenoxy) is 1. The molecule has 0 unspecified atom stereocenters. The van der Waals surface area contributed by atoms with Crippen LogP contribution in [0.4, 0.5) is 5.69 Å². The molecule has 0 aromatic heterocycles. The van der Waals surface area contributed by atoms with Crippen LogP contribution in [-0.4, -0.2) is 24.2 Å². The minimum atomic E-state index is -0.379. The highest BCUT2D eigenvalue weighted by molar-refractivity contribution is 9.10. The standard InChI is InChI=1S/C15H15BrN2O3/c16-10-1-6-13(14(19)9-10)15(20)18-11-2-4-12(5-3-11)21-8-7-17/h1-6,9,19H,7-8,17H2,(H,18,20). The molecule has 0 radical (unpaired) electrons. The number of hydrogen-bond donors (Lipinski definition) is 3. The Bertz CT molecular complexity index is 629. The monoisotopic (exact) mass is 350 g/mol. The Labute approximate surface area is 130 Å². The first-order chi connectivity index (χ1) is 10.1. The molecule has 6 heteroatoms. The van der Waals surface area contributed by atoms with E-state index in [0.717, 1.165) is 0 Å². The Kier molecular flexibility index (Phi) is 5.19. The van der Waals surface area contributed by atoms with E-state index in [4.69, 9.17) is 10.5 Å². The summed E-state index contributed by atoms with van der Waals surface area (Å²) in [6.07, 6.45) is 0. The Morgan fingerprint density at radius 3 is 2.57 bits per heavy atom. The molecule has 1 amide bonds. The van der Waals surface area contributed by atoms with Crippen molar-refractivity contribution in [2.45, 2.75) is 0 Å². The Hall–Kier alpha value is -2.05. The van der Waals surface area contributed by atoms with E-state index in [1.165, 1.54) is 6.07 Å². The number of nitrogens with two attached hydrogens (primary N) is 1. The van der Waals surface area contributed by atoms with E-state index in [1.54, 1.807) is 36.4 Å². The number of rotatable bonds is 5. The fourth-order valence-electron chi connectivity index (χ4n) is 1.71. The molecule has 110 valence electrons. The minimum absolute atomic E-state index is 0.0789. The number of phenols is 1. The van der Waals surface area contributed by atoms with Gasteiger partial charge < -0.3 is 20.9 Å². The Balaban J connectivity index is 2.05. The van der Waals surface area contributed by atoms with Crippen LogP contribution in [0.2, 0.25) is 0 Å². The summed E-state index contributed by atoms with van der Waals surface area (Å²) in [4.78, 5) is 12.1. The summed E-state index contributed by atoms with van der Waals surface area (Å²) in [6, 6.07) is 11.6. The van der Waals surface area contributed by atoms with E-state index in [2.05, 4.69) is 21.2 Å². The lowest BCUT2D eigenvalue weighted by Gasteiger charge is -2.09. The molecular weight excluding hydrogens is 336 g/mol. The smallest absolute Gasteiger partial charge is 0.259 e. The van der Waals surface area contributed by atoms with Crippen LogP contribution in [-0.2, 0) is 0 Å². The summed E-state index contributed by atoms with van der Waals surface area (Å²) in [5.74, 6) is 0.227. The van der Waals surface area contributed by atoms with Gasteiger partial charge in [-0.3, -0.25) is 4.79 Å². The van der Waals surface area contributed by atoms with Gasteiger partial charge in [0, 0.05) is 16.7 Å². The SMILES string of the molecule is NCCOc1ccc(NC(=O)c2ccc(Br)cc2O)cc1. The molecule has 2 aromatic rings. The molecule has 0 spiro atoms. The molecule has 21 heavy (non-hydrogen) atoms. The van der Waals surface area contributed by atoms with Crippen LogP contribution in [0.5, 0.6) is 11.5 Å². The number of nitrogens with one attached hydrogen (secondary N) is 1. The van der Waals surface area contributed by atoms with Gasteiger partial charge in [-0.15, -0.1) is 0 Å². The second-order valence-electron chi connectivity index (χ2n) is 4.28. The average molecular weight is 351 g/mol. The topological polar surface area (TPSA) is 84.6 Å². The van der Waals surface area contributed by atoms with Crippen molar-refractivity contribution in [2.75, 3.05) is 18.5 Å². The van der Waals surface area contributed by atoms with E-state index in [-0.39, 0.29) is 17.2 Å². The molecule has 4 N–H and O–H groups in total. The summed E-state index contributed by atoms with van der Waals surface area (Å²) in [5, 5.41) is 12.5. The number of amides is 1. The van der Waals surface area contributed by atoms with Gasteiger partial charge >= 0.3 is 0 Å². The highest BCUT2D eigenvalue weighted by Gasteiger charge is 2.11. The second kappa shape index (κ2) is 7.10. The zero-order valence-corrected chi connectivity index (χ0v) is 12.8. The number of carbonyl (C=O) groups is 1. The first-order valence-electron chi connectivity index (χ1n) is 6.33. The fourth-order valence-corrected chi connectivity index (χ4v) is 2.06. The summed E-state index contributed by atoms with van der Waals surface area (Å²) in [6.45, 7) is 0.889. The third kappa shape index (κ3) is 4.21. The maximum absolute atomic E-state index is 12.1. The van der Waals surface area contributed by atoms with Crippen molar-refractivity contribution in [2.24, 2.45) is 5.73 Å². The molecule has 0 fully saturated rings. The van der Waals surface area contributed by atoms with E-state index in [9.17, 15) is 9.90 Å². The lowest BCUT2D eigenvalue weighted by atomic mass is 10.2. The number of carbonyl (C=O) groups excluding carboxylic acids is 1. The molecule has 0 bridgehead atoms. The van der Waals surface area contributed by atoms with Crippen molar-refractivity contribution in [1.82, 2.24) is 0 Å². The van der Waals surface area contributed by atoms with Gasteiger partial charge in [-0.05, 0) is 42.5 Å². The van der Waals surface area contributed by atoms with Crippen LogP contribution in [0, 0.1) is 0 Å². The number of halogens is 1. The summed E-state index contributed by atoms with van der Waals surface area (Å²) in [5.41, 5.74) is 6.18. The van der Waals surface area contributed by atoms with Crippen molar-refractivity contribution in [3.05, 3.63) is 52.5 Å². The van der Waals surface area contributed by atoms with Crippen LogP contribution >= 0.6 is 15.9 Å². The zero-order valence-electron chi connectivity index (χ0n) is 11.2. The maximum Gasteiger partial charge on any atom is 0.259 e. The van der Waals surface area contributed by atoms with Crippen molar-refractivity contribution >= 4 is 27.5 Å². The maximum atomic E-state index is 12.1. The number of anilines is 1. The molecular formula is C15H15BrN2O3. The molecule has 2 aromatic carbocycles. The number of aromatic hydroxyl groups is 1. The molecule has 0 aliphatic carbocycles. The van der Waals surface area contributed by atoms with E-state index < -0.39 is 0 Å². The van der Waals surface area contributed by atoms with E-state index in [1.807, 2.05) is 0 Å². The highest BCUT2D eigenvalue weighted by Crippen LogP contribution is 2.23. The van der Waals surface area contributed by atoms with Crippen LogP contribution < -0.4 is 15.8 Å². The van der Waals surface area contributed by atoms with Gasteiger partial charge in [-0.1, -0.05) is 15.9 Å². The van der Waals surface area contributed by atoms with Crippen LogP contribution in [0.3, 0.4) is 0 Å². The van der Waals surface area contributed by atoms with Gasteiger partial charge in [0.05, 0.1) is 5.56 Å². The number of benzene rings is 2. The molecule has 0 atom stereocenters. The van der Waals surface area contributed by atoms with Crippen molar-refractivity contribution in [1.29, 1.82) is 0 Å². The molecule has 0 aliphatic heterocycles. The lowest BCUT2D eigenvalue weighted by molar-refractivity contribution is 0.102. The van der Waals surface area contributed by atoms with Gasteiger partial charge in [-0.2, -0.15) is 0 Å². The third-order valence-electron chi connectivity index (χ3n) is 2.70. The minimum Gasteiger partial charge on any atom is -0.507 e. The Morgan fingerprint density at radius 2 is 1.95 bits per heavy atom. The first kappa shape index (κ1) is 15.3. The molecule has 0 aliphatic rings. The summed E-state index contributed by atoms with van der Waals surface area (Å²) >= 11 is 3.23. The number of hydrogen-bond acceptors (Lipinski definition) is 4. The molecule has 0 saturated heterocycles. The third-order valence-corrected chi connectivity index (χ3v) is 3.20. The molecule has 0 heterocycles. The number of phenolic OH excluding ortho intramolecular Hbond substituents is 1. The molecule has 2 rings (SSSR count). The lowest BCUT2D eigenvalue weighted by Crippen LogP contribution is -2.12. The second-order valence-corrected chi connectivity index (χ2v) is 5.19. The van der Waals surface area contributed by atoms with Gasteiger partial charge in [0.25, 0.3) is 5.91 Å². The van der Waals surface area contributed by atoms with Crippen LogP contribution in [0.25, 0.3) is 0 Å². The normalized spacial score (nSPS) is 10.2. The highest BCUT2D eigenvalue weighted by atomic mass is 79.9. The predicted molar refractivity (Wildman–Crippen MR) is 84.8 cm³/mol. The zero-order chi connectivity index (χ0) is 15.2. The van der Waals surface area contributed by atoms with Crippen molar-refractivity contribution < 1.29 is 14.6 Å². The van der Waals surface area contributed by atoms with Gasteiger partial charge in [-0.25, -0.2) is 0 Å². The van der Waals surface area contributed by atoms with Crippen molar-refractivity contribution in [3.8, 4) is 11.5 Å². The van der Waals surface area contributed by atoms with Gasteiger partial charge in [0.1, 0.15) is 18.1 Å². The van der Waals surface area contributed by atoms with Crippen LogP contribution in [0.1, 0.15) is 10.4 Å². The Morgan fingerprint density at radius 1 is 1.24 bits per heavy atom. The predicted octanol–water partition coefficient (Wildman–Crippen LogP) is 2.74. The average Bonchev–Trinajstić information content (AvgIpc) is 2.46. The summed E-state index contributed by atoms with van der Waals surface area (Å²) in [7, 11) is 0. The van der Waals surface area contributed by atoms with Crippen molar-refractivity contribution in [3.63, 3.8) is 0 Å². The quantitative estimate of drug-likeness (QED) is 0.773. The van der Waals surface area contributed by atoms with Crippen LogP contribution in [0.15, 0.2) is 46.9 Å². The fraction of sp³-hybridized carbons (Fsp3) is 0.133. The largest absolute Gasteiger partial charge is 0.507 e. The molecule has 0 saturated carbocycles. The van der Waals surface area contributed by atoms with E-state index in [0.29, 0.717) is 29.1 Å². The summed E-state index contributed by atoms with van der Waals surface area (Å²) < 4.78 is 6.06. The molecule has 5 nitrogen and oxygen atoms in total. The van der Waals surface area contributed by atoms with E-state index >= 15 is 0 Å². The van der Waals surface area contributed by atoms with Gasteiger partial charge in [0.15, 0.2) is 0 Å².